The number of likely N-dealkylation sites (tertiary alicyclic amines) is 1. The lowest BCUT2D eigenvalue weighted by Gasteiger charge is -2.30. The second kappa shape index (κ2) is 9.93. The van der Waals surface area contributed by atoms with E-state index in [0.29, 0.717) is 44.7 Å². The molecule has 0 atom stereocenters. The van der Waals surface area contributed by atoms with Gasteiger partial charge in [-0.25, -0.2) is 0 Å². The van der Waals surface area contributed by atoms with Gasteiger partial charge in [0.15, 0.2) is 0 Å². The Balaban J connectivity index is 1.39. The minimum absolute atomic E-state index is 0.0297. The second-order valence-corrected chi connectivity index (χ2v) is 7.18. The molecule has 0 bridgehead atoms. The van der Waals surface area contributed by atoms with E-state index >= 15 is 0 Å². The number of phenols is 1. The molecule has 1 aliphatic rings. The highest BCUT2D eigenvalue weighted by molar-refractivity contribution is 5.93. The van der Waals surface area contributed by atoms with E-state index in [2.05, 4.69) is 15.5 Å². The number of carbonyl (C=O) groups is 2. The lowest BCUT2D eigenvalue weighted by atomic mass is 9.95. The smallest absolute Gasteiger partial charge is 0.234 e. The van der Waals surface area contributed by atoms with Crippen LogP contribution < -0.4 is 15.4 Å². The van der Waals surface area contributed by atoms with Gasteiger partial charge in [-0.15, -0.1) is 0 Å². The molecule has 0 aliphatic carbocycles. The number of anilines is 1. The monoisotopic (exact) mass is 397 g/mol. The first-order valence-corrected chi connectivity index (χ1v) is 9.76. The number of nitrogens with one attached hydrogen (secondary N) is 2. The number of hydrogen-bond acceptors (Lipinski definition) is 5. The molecule has 1 fully saturated rings. The number of benzene rings is 2. The van der Waals surface area contributed by atoms with Crippen LogP contribution in [0.5, 0.6) is 11.5 Å². The highest BCUT2D eigenvalue weighted by atomic mass is 16.5. The Labute approximate surface area is 170 Å². The van der Waals surface area contributed by atoms with Crippen molar-refractivity contribution < 1.29 is 19.4 Å². The Hall–Kier alpha value is -3.06. The third kappa shape index (κ3) is 5.96. The first-order valence-electron chi connectivity index (χ1n) is 9.76. The predicted molar refractivity (Wildman–Crippen MR) is 111 cm³/mol. The first kappa shape index (κ1) is 20.7. The molecule has 1 heterocycles. The zero-order chi connectivity index (χ0) is 20.6. The Kier molecular flexibility index (Phi) is 7.08. The number of hydrogen-bond donors (Lipinski definition) is 3. The van der Waals surface area contributed by atoms with E-state index in [1.807, 2.05) is 24.3 Å². The minimum Gasteiger partial charge on any atom is -0.506 e. The largest absolute Gasteiger partial charge is 0.506 e. The SMILES string of the molecule is COc1ccc(CNC(=O)CN2CCC(C(=O)Nc3ccccc3O)CC2)cc1. The Bertz CT molecular complexity index is 830. The molecule has 7 heteroatoms. The maximum absolute atomic E-state index is 12.4. The Morgan fingerprint density at radius 1 is 1.10 bits per heavy atom. The van der Waals surface area contributed by atoms with Crippen molar-refractivity contribution in [2.75, 3.05) is 32.1 Å². The fraction of sp³-hybridized carbons (Fsp3) is 0.364. The Morgan fingerprint density at radius 2 is 1.79 bits per heavy atom. The van der Waals surface area contributed by atoms with Crippen LogP contribution in [0, 0.1) is 5.92 Å². The fourth-order valence-corrected chi connectivity index (χ4v) is 3.37. The number of para-hydroxylation sites is 2. The zero-order valence-electron chi connectivity index (χ0n) is 16.6. The van der Waals surface area contributed by atoms with Gasteiger partial charge in [0.1, 0.15) is 11.5 Å². The van der Waals surface area contributed by atoms with Crippen LogP contribution in [0.3, 0.4) is 0 Å². The summed E-state index contributed by atoms with van der Waals surface area (Å²) in [5.41, 5.74) is 1.44. The van der Waals surface area contributed by atoms with Gasteiger partial charge in [-0.3, -0.25) is 14.5 Å². The van der Waals surface area contributed by atoms with Crippen molar-refractivity contribution in [3.05, 3.63) is 54.1 Å². The lowest BCUT2D eigenvalue weighted by molar-refractivity contribution is -0.123. The van der Waals surface area contributed by atoms with Crippen molar-refractivity contribution in [2.45, 2.75) is 19.4 Å². The number of carbonyl (C=O) groups excluding carboxylic acids is 2. The second-order valence-electron chi connectivity index (χ2n) is 7.18. The molecule has 29 heavy (non-hydrogen) atoms. The molecule has 154 valence electrons. The molecular formula is C22H27N3O4. The summed E-state index contributed by atoms with van der Waals surface area (Å²) in [7, 11) is 1.62. The number of phenolic OH excluding ortho intramolecular Hbond substituents is 1. The van der Waals surface area contributed by atoms with Crippen LogP contribution in [0.2, 0.25) is 0 Å². The van der Waals surface area contributed by atoms with Gasteiger partial charge in [0.2, 0.25) is 11.8 Å². The van der Waals surface area contributed by atoms with Gasteiger partial charge >= 0.3 is 0 Å². The topological polar surface area (TPSA) is 90.9 Å². The van der Waals surface area contributed by atoms with E-state index in [1.54, 1.807) is 31.4 Å². The van der Waals surface area contributed by atoms with E-state index in [0.717, 1.165) is 11.3 Å². The average Bonchev–Trinajstić information content (AvgIpc) is 2.75. The van der Waals surface area contributed by atoms with Gasteiger partial charge in [0, 0.05) is 12.5 Å². The quantitative estimate of drug-likeness (QED) is 0.624. The number of piperidine rings is 1. The van der Waals surface area contributed by atoms with Crippen LogP contribution in [0.25, 0.3) is 0 Å². The van der Waals surface area contributed by atoms with Crippen molar-refractivity contribution >= 4 is 17.5 Å². The number of nitrogens with zero attached hydrogens (tertiary/aromatic N) is 1. The molecule has 2 aromatic rings. The summed E-state index contributed by atoms with van der Waals surface area (Å²) in [6.45, 7) is 2.18. The van der Waals surface area contributed by atoms with E-state index in [4.69, 9.17) is 4.74 Å². The van der Waals surface area contributed by atoms with Crippen molar-refractivity contribution in [3.8, 4) is 11.5 Å². The Morgan fingerprint density at radius 3 is 2.45 bits per heavy atom. The van der Waals surface area contributed by atoms with E-state index in [-0.39, 0.29) is 23.5 Å². The molecule has 1 aliphatic heterocycles. The fourth-order valence-electron chi connectivity index (χ4n) is 3.37. The maximum Gasteiger partial charge on any atom is 0.234 e. The normalized spacial score (nSPS) is 14.9. The van der Waals surface area contributed by atoms with Gasteiger partial charge in [-0.1, -0.05) is 24.3 Å². The third-order valence-corrected chi connectivity index (χ3v) is 5.14. The van der Waals surface area contributed by atoms with Gasteiger partial charge in [0.25, 0.3) is 0 Å². The third-order valence-electron chi connectivity index (χ3n) is 5.14. The number of methoxy groups -OCH3 is 1. The summed E-state index contributed by atoms with van der Waals surface area (Å²) in [5.74, 6) is 0.613. The number of aromatic hydroxyl groups is 1. The molecular weight excluding hydrogens is 370 g/mol. The van der Waals surface area contributed by atoms with Crippen molar-refractivity contribution in [1.82, 2.24) is 10.2 Å². The highest BCUT2D eigenvalue weighted by Crippen LogP contribution is 2.24. The van der Waals surface area contributed by atoms with Gasteiger partial charge < -0.3 is 20.5 Å². The zero-order valence-corrected chi connectivity index (χ0v) is 16.6. The van der Waals surface area contributed by atoms with Crippen LogP contribution in [0.4, 0.5) is 5.69 Å². The lowest BCUT2D eigenvalue weighted by Crippen LogP contribution is -2.43. The van der Waals surface area contributed by atoms with E-state index < -0.39 is 0 Å². The molecule has 3 N–H and O–H groups in total. The molecule has 0 unspecified atom stereocenters. The van der Waals surface area contributed by atoms with Crippen LogP contribution in [0.15, 0.2) is 48.5 Å². The number of rotatable bonds is 7. The molecule has 3 rings (SSSR count). The van der Waals surface area contributed by atoms with Crippen LogP contribution in [-0.4, -0.2) is 48.6 Å². The van der Waals surface area contributed by atoms with E-state index in [1.165, 1.54) is 0 Å². The molecule has 0 radical (unpaired) electrons. The standard InChI is InChI=1S/C22H27N3O4/c1-29-18-8-6-16(7-9-18)14-23-21(27)15-25-12-10-17(11-13-25)22(28)24-19-4-2-3-5-20(19)26/h2-9,17,26H,10-15H2,1H3,(H,23,27)(H,24,28). The summed E-state index contributed by atoms with van der Waals surface area (Å²) < 4.78 is 5.12. The summed E-state index contributed by atoms with van der Waals surface area (Å²) in [4.78, 5) is 26.7. The van der Waals surface area contributed by atoms with Gasteiger partial charge in [0.05, 0.1) is 19.3 Å². The van der Waals surface area contributed by atoms with E-state index in [9.17, 15) is 14.7 Å². The number of ether oxygens (including phenoxy) is 1. The number of amides is 2. The van der Waals surface area contributed by atoms with Crippen LogP contribution in [-0.2, 0) is 16.1 Å². The summed E-state index contributed by atoms with van der Waals surface area (Å²) >= 11 is 0. The average molecular weight is 397 g/mol. The minimum atomic E-state index is -0.117. The molecule has 2 aromatic carbocycles. The summed E-state index contributed by atoms with van der Waals surface area (Å²) in [6.07, 6.45) is 1.37. The summed E-state index contributed by atoms with van der Waals surface area (Å²) in [5, 5.41) is 15.5. The van der Waals surface area contributed by atoms with Crippen molar-refractivity contribution in [1.29, 1.82) is 0 Å². The highest BCUT2D eigenvalue weighted by Gasteiger charge is 2.26. The van der Waals surface area contributed by atoms with Crippen LogP contribution >= 0.6 is 0 Å². The molecule has 2 amide bonds. The molecule has 7 nitrogen and oxygen atoms in total. The van der Waals surface area contributed by atoms with Crippen LogP contribution in [0.1, 0.15) is 18.4 Å². The van der Waals surface area contributed by atoms with Crippen molar-refractivity contribution in [3.63, 3.8) is 0 Å². The first-order chi connectivity index (χ1) is 14.0. The predicted octanol–water partition coefficient (Wildman–Crippen LogP) is 2.37. The van der Waals surface area contributed by atoms with Gasteiger partial charge in [-0.05, 0) is 55.8 Å². The molecule has 1 saturated heterocycles. The molecule has 0 saturated carbocycles. The van der Waals surface area contributed by atoms with Crippen molar-refractivity contribution in [2.24, 2.45) is 5.92 Å². The summed E-state index contributed by atoms with van der Waals surface area (Å²) in [6, 6.07) is 14.3. The maximum atomic E-state index is 12.4. The molecule has 0 spiro atoms. The molecule has 0 aromatic heterocycles. The van der Waals surface area contributed by atoms with Gasteiger partial charge in [-0.2, -0.15) is 0 Å².